The van der Waals surface area contributed by atoms with Crippen molar-refractivity contribution in [1.29, 1.82) is 0 Å². The molecule has 0 spiro atoms. The second-order valence-electron chi connectivity index (χ2n) is 4.39. The van der Waals surface area contributed by atoms with Crippen molar-refractivity contribution in [3.8, 4) is 0 Å². The molecule has 1 heterocycles. The fraction of sp³-hybridized carbons (Fsp3) is 0.462. The van der Waals surface area contributed by atoms with Gasteiger partial charge in [-0.3, -0.25) is 4.79 Å². The number of carbonyl (C=O) groups is 1. The number of nitrogens with one attached hydrogen (secondary N) is 1. The first-order valence-corrected chi connectivity index (χ1v) is 6.77. The lowest BCUT2D eigenvalue weighted by Gasteiger charge is -2.22. The molecule has 3 nitrogen and oxygen atoms in total. The van der Waals surface area contributed by atoms with Crippen LogP contribution in [0.1, 0.15) is 23.2 Å². The summed E-state index contributed by atoms with van der Waals surface area (Å²) in [5.74, 6) is -0.429. The van der Waals surface area contributed by atoms with Gasteiger partial charge in [0.05, 0.1) is 5.56 Å². The summed E-state index contributed by atoms with van der Waals surface area (Å²) in [4.78, 5) is 11.8. The van der Waals surface area contributed by atoms with Crippen molar-refractivity contribution in [2.24, 2.45) is 5.92 Å². The number of benzene rings is 1. The zero-order valence-electron chi connectivity index (χ0n) is 9.92. The lowest BCUT2D eigenvalue weighted by Crippen LogP contribution is -2.32. The van der Waals surface area contributed by atoms with E-state index in [2.05, 4.69) is 21.2 Å². The Labute approximate surface area is 114 Å². The third-order valence-corrected chi connectivity index (χ3v) is 3.56. The van der Waals surface area contributed by atoms with Gasteiger partial charge in [-0.15, -0.1) is 0 Å². The van der Waals surface area contributed by atoms with Gasteiger partial charge in [0.2, 0.25) is 0 Å². The first-order chi connectivity index (χ1) is 8.66. The van der Waals surface area contributed by atoms with Crippen molar-refractivity contribution < 1.29 is 13.9 Å². The minimum atomic E-state index is -0.506. The number of amides is 1. The maximum atomic E-state index is 13.6. The van der Waals surface area contributed by atoms with Crippen LogP contribution in [0.5, 0.6) is 0 Å². The van der Waals surface area contributed by atoms with Crippen LogP contribution in [0, 0.1) is 11.7 Å². The zero-order valence-corrected chi connectivity index (χ0v) is 11.5. The summed E-state index contributed by atoms with van der Waals surface area (Å²) in [5.41, 5.74) is 0.0882. The van der Waals surface area contributed by atoms with Crippen LogP contribution < -0.4 is 5.32 Å². The number of hydrogen-bond donors (Lipinski definition) is 1. The summed E-state index contributed by atoms with van der Waals surface area (Å²) in [5, 5.41) is 2.78. The molecule has 0 radical (unpaired) electrons. The van der Waals surface area contributed by atoms with E-state index >= 15 is 0 Å². The van der Waals surface area contributed by atoms with E-state index in [1.807, 2.05) is 0 Å². The van der Waals surface area contributed by atoms with E-state index in [4.69, 9.17) is 4.74 Å². The number of rotatable bonds is 3. The molecule has 0 bridgehead atoms. The first-order valence-electron chi connectivity index (χ1n) is 5.98. The van der Waals surface area contributed by atoms with Gasteiger partial charge in [0.25, 0.3) is 5.91 Å². The van der Waals surface area contributed by atoms with Crippen LogP contribution in [0.25, 0.3) is 0 Å². The summed E-state index contributed by atoms with van der Waals surface area (Å²) < 4.78 is 19.4. The van der Waals surface area contributed by atoms with E-state index in [1.54, 1.807) is 6.07 Å². The van der Waals surface area contributed by atoms with Gasteiger partial charge in [0.15, 0.2) is 0 Å². The van der Waals surface area contributed by atoms with Crippen molar-refractivity contribution in [3.63, 3.8) is 0 Å². The summed E-state index contributed by atoms with van der Waals surface area (Å²) in [7, 11) is 0. The van der Waals surface area contributed by atoms with Crippen molar-refractivity contribution in [2.45, 2.75) is 12.8 Å². The highest BCUT2D eigenvalue weighted by molar-refractivity contribution is 9.10. The predicted molar refractivity (Wildman–Crippen MR) is 70.0 cm³/mol. The van der Waals surface area contributed by atoms with Gasteiger partial charge in [-0.05, 0) is 37.0 Å². The highest BCUT2D eigenvalue weighted by Gasteiger charge is 2.16. The Hall–Kier alpha value is -0.940. The molecule has 0 saturated carbocycles. The largest absolute Gasteiger partial charge is 0.381 e. The van der Waals surface area contributed by atoms with E-state index in [0.717, 1.165) is 26.1 Å². The molecule has 0 unspecified atom stereocenters. The van der Waals surface area contributed by atoms with Gasteiger partial charge in [-0.2, -0.15) is 0 Å². The first kappa shape index (κ1) is 13.5. The number of carbonyl (C=O) groups excluding carboxylic acids is 1. The highest BCUT2D eigenvalue weighted by Crippen LogP contribution is 2.16. The fourth-order valence-electron chi connectivity index (χ4n) is 1.96. The smallest absolute Gasteiger partial charge is 0.254 e. The Kier molecular flexibility index (Phi) is 4.72. The molecule has 0 aliphatic carbocycles. The van der Waals surface area contributed by atoms with Crippen LogP contribution in [0.2, 0.25) is 0 Å². The Morgan fingerprint density at radius 3 is 2.83 bits per heavy atom. The minimum Gasteiger partial charge on any atom is -0.381 e. The van der Waals surface area contributed by atoms with Crippen molar-refractivity contribution in [3.05, 3.63) is 34.1 Å². The molecule has 5 heteroatoms. The van der Waals surface area contributed by atoms with E-state index in [1.165, 1.54) is 12.1 Å². The van der Waals surface area contributed by atoms with Gasteiger partial charge in [-0.25, -0.2) is 4.39 Å². The second-order valence-corrected chi connectivity index (χ2v) is 5.31. The molecule has 0 aromatic heterocycles. The molecule has 1 aromatic carbocycles. The SMILES string of the molecule is O=C(NCC1CCOCC1)c1ccc(Br)cc1F. The molecule has 0 atom stereocenters. The average Bonchev–Trinajstić information content (AvgIpc) is 2.37. The van der Waals surface area contributed by atoms with E-state index in [9.17, 15) is 9.18 Å². The molecular weight excluding hydrogens is 301 g/mol. The minimum absolute atomic E-state index is 0.0882. The lowest BCUT2D eigenvalue weighted by atomic mass is 10.0. The molecule has 1 fully saturated rings. The molecule has 18 heavy (non-hydrogen) atoms. The lowest BCUT2D eigenvalue weighted by molar-refractivity contribution is 0.0642. The van der Waals surface area contributed by atoms with Crippen LogP contribution >= 0.6 is 15.9 Å². The Morgan fingerprint density at radius 2 is 2.17 bits per heavy atom. The van der Waals surface area contributed by atoms with Gasteiger partial charge < -0.3 is 10.1 Å². The van der Waals surface area contributed by atoms with Gasteiger partial charge in [0, 0.05) is 24.2 Å². The third kappa shape index (κ3) is 3.53. The van der Waals surface area contributed by atoms with Crippen LogP contribution in [-0.4, -0.2) is 25.7 Å². The maximum Gasteiger partial charge on any atom is 0.254 e. The average molecular weight is 316 g/mol. The zero-order chi connectivity index (χ0) is 13.0. The molecule has 1 aliphatic rings. The Balaban J connectivity index is 1.90. The maximum absolute atomic E-state index is 13.6. The predicted octanol–water partition coefficient (Wildman–Crippen LogP) is 2.74. The van der Waals surface area contributed by atoms with Gasteiger partial charge >= 0.3 is 0 Å². The normalized spacial score (nSPS) is 16.6. The van der Waals surface area contributed by atoms with Crippen LogP contribution in [0.4, 0.5) is 4.39 Å². The number of hydrogen-bond acceptors (Lipinski definition) is 2. The summed E-state index contributed by atoms with van der Waals surface area (Å²) in [6.45, 7) is 2.07. The summed E-state index contributed by atoms with van der Waals surface area (Å²) in [6, 6.07) is 4.44. The Bertz CT molecular complexity index is 433. The van der Waals surface area contributed by atoms with Crippen LogP contribution in [0.3, 0.4) is 0 Å². The van der Waals surface area contributed by atoms with Crippen LogP contribution in [-0.2, 0) is 4.74 Å². The van der Waals surface area contributed by atoms with E-state index in [-0.39, 0.29) is 11.5 Å². The summed E-state index contributed by atoms with van der Waals surface area (Å²) in [6.07, 6.45) is 1.90. The summed E-state index contributed by atoms with van der Waals surface area (Å²) >= 11 is 3.16. The number of halogens is 2. The molecule has 1 saturated heterocycles. The molecule has 98 valence electrons. The Morgan fingerprint density at radius 1 is 1.44 bits per heavy atom. The molecule has 1 aliphatic heterocycles. The van der Waals surface area contributed by atoms with Crippen LogP contribution in [0.15, 0.2) is 22.7 Å². The number of ether oxygens (including phenoxy) is 1. The molecule has 1 N–H and O–H groups in total. The third-order valence-electron chi connectivity index (χ3n) is 3.07. The van der Waals surface area contributed by atoms with E-state index in [0.29, 0.717) is 16.9 Å². The molecule has 2 rings (SSSR count). The molecule has 1 amide bonds. The molecule has 1 aromatic rings. The molecular formula is C13H15BrFNO2. The second kappa shape index (κ2) is 6.29. The topological polar surface area (TPSA) is 38.3 Å². The van der Waals surface area contributed by atoms with Gasteiger partial charge in [0.1, 0.15) is 5.82 Å². The highest BCUT2D eigenvalue weighted by atomic mass is 79.9. The standard InChI is InChI=1S/C13H15BrFNO2/c14-10-1-2-11(12(15)7-10)13(17)16-8-9-3-5-18-6-4-9/h1-2,7,9H,3-6,8H2,(H,16,17). The van der Waals surface area contributed by atoms with Crippen molar-refractivity contribution in [2.75, 3.05) is 19.8 Å². The van der Waals surface area contributed by atoms with E-state index < -0.39 is 5.82 Å². The van der Waals surface area contributed by atoms with Crippen molar-refractivity contribution >= 4 is 21.8 Å². The fourth-order valence-corrected chi connectivity index (χ4v) is 2.29. The quantitative estimate of drug-likeness (QED) is 0.931. The van der Waals surface area contributed by atoms with Crippen molar-refractivity contribution in [1.82, 2.24) is 5.32 Å². The monoisotopic (exact) mass is 315 g/mol. The van der Waals surface area contributed by atoms with Gasteiger partial charge in [-0.1, -0.05) is 15.9 Å².